The number of rotatable bonds is 3. The Morgan fingerprint density at radius 3 is 2.28 bits per heavy atom. The zero-order valence-electron chi connectivity index (χ0n) is 18.3. The number of likely N-dealkylation sites (tertiary alicyclic amines) is 2. The van der Waals surface area contributed by atoms with E-state index in [4.69, 9.17) is 4.74 Å². The molecule has 2 amide bonds. The summed E-state index contributed by atoms with van der Waals surface area (Å²) in [6.45, 7) is 11.4. The number of nitrogens with zero attached hydrogens (tertiary/aromatic N) is 3. The first-order valence-corrected chi connectivity index (χ1v) is 12.3. The summed E-state index contributed by atoms with van der Waals surface area (Å²) in [5.41, 5.74) is -0.563. The van der Waals surface area contributed by atoms with Gasteiger partial charge in [0.25, 0.3) is 0 Å². The molecule has 3 atom stereocenters. The van der Waals surface area contributed by atoms with Crippen molar-refractivity contribution >= 4 is 22.0 Å². The first-order valence-electron chi connectivity index (χ1n) is 10.7. The van der Waals surface area contributed by atoms with Crippen LogP contribution in [0.15, 0.2) is 0 Å². The van der Waals surface area contributed by atoms with Gasteiger partial charge >= 0.3 is 6.09 Å². The van der Waals surface area contributed by atoms with Crippen LogP contribution in [0.5, 0.6) is 0 Å². The Morgan fingerprint density at radius 2 is 1.72 bits per heavy atom. The molecule has 0 bridgehead atoms. The van der Waals surface area contributed by atoms with Crippen LogP contribution in [0.3, 0.4) is 0 Å². The molecule has 3 saturated heterocycles. The summed E-state index contributed by atoms with van der Waals surface area (Å²) in [7, 11) is -3.38. The van der Waals surface area contributed by atoms with Crippen molar-refractivity contribution in [3.05, 3.63) is 0 Å². The summed E-state index contributed by atoms with van der Waals surface area (Å²) in [5.74, 6) is 0.221. The van der Waals surface area contributed by atoms with Crippen LogP contribution in [-0.2, 0) is 19.6 Å². The lowest BCUT2D eigenvalue weighted by atomic mass is 9.91. The Morgan fingerprint density at radius 1 is 1.07 bits per heavy atom. The minimum atomic E-state index is -3.38. The fourth-order valence-electron chi connectivity index (χ4n) is 4.79. The van der Waals surface area contributed by atoms with Crippen LogP contribution in [0.1, 0.15) is 53.9 Å². The molecule has 9 heteroatoms. The van der Waals surface area contributed by atoms with Crippen molar-refractivity contribution in [2.75, 3.05) is 31.9 Å². The van der Waals surface area contributed by atoms with Crippen LogP contribution in [0.4, 0.5) is 4.79 Å². The van der Waals surface area contributed by atoms with Crippen LogP contribution < -0.4 is 0 Å². The van der Waals surface area contributed by atoms with Gasteiger partial charge in [0.05, 0.1) is 11.8 Å². The van der Waals surface area contributed by atoms with Gasteiger partial charge in [-0.2, -0.15) is 4.31 Å². The molecule has 3 fully saturated rings. The summed E-state index contributed by atoms with van der Waals surface area (Å²) in [6.07, 6.45) is 1.98. The summed E-state index contributed by atoms with van der Waals surface area (Å²) in [5, 5.41) is 0. The van der Waals surface area contributed by atoms with E-state index in [1.165, 1.54) is 4.31 Å². The number of ether oxygens (including phenoxy) is 1. The van der Waals surface area contributed by atoms with Gasteiger partial charge in [-0.05, 0) is 51.9 Å². The monoisotopic (exact) mass is 429 g/mol. The highest BCUT2D eigenvalue weighted by molar-refractivity contribution is 7.89. The zero-order valence-corrected chi connectivity index (χ0v) is 19.1. The van der Waals surface area contributed by atoms with Crippen molar-refractivity contribution in [1.82, 2.24) is 14.1 Å². The topological polar surface area (TPSA) is 87.2 Å². The molecule has 3 heterocycles. The van der Waals surface area contributed by atoms with Gasteiger partial charge in [0.2, 0.25) is 15.9 Å². The van der Waals surface area contributed by atoms with E-state index >= 15 is 0 Å². The van der Waals surface area contributed by atoms with Crippen LogP contribution >= 0.6 is 0 Å². The van der Waals surface area contributed by atoms with E-state index in [9.17, 15) is 18.0 Å². The minimum Gasteiger partial charge on any atom is -0.444 e. The SMILES string of the molecule is CC(C)C(C(=O)N1CCC2CCN(C(=O)OC(C)(C)C)C2C1)N1CCCS1(=O)=O. The lowest BCUT2D eigenvalue weighted by Crippen LogP contribution is -2.57. The minimum absolute atomic E-state index is 0.0643. The smallest absolute Gasteiger partial charge is 0.410 e. The zero-order chi connectivity index (χ0) is 21.6. The highest BCUT2D eigenvalue weighted by Gasteiger charge is 2.46. The normalized spacial score (nSPS) is 28.5. The molecule has 3 unspecified atom stereocenters. The van der Waals surface area contributed by atoms with Crippen molar-refractivity contribution in [2.24, 2.45) is 11.8 Å². The molecule has 8 nitrogen and oxygen atoms in total. The second kappa shape index (κ2) is 8.06. The average Bonchev–Trinajstić information content (AvgIpc) is 3.16. The lowest BCUT2D eigenvalue weighted by Gasteiger charge is -2.41. The van der Waals surface area contributed by atoms with Gasteiger partial charge < -0.3 is 14.5 Å². The number of hydrogen-bond donors (Lipinski definition) is 0. The third-order valence-electron chi connectivity index (χ3n) is 6.14. The lowest BCUT2D eigenvalue weighted by molar-refractivity contribution is -0.139. The standard InChI is InChI=1S/C20H35N3O5S/c1-14(2)17(23-9-6-12-29(23,26)27)18(24)21-10-7-15-8-11-22(16(15)13-21)19(25)28-20(3,4)5/h14-17H,6-13H2,1-5H3. The van der Waals surface area contributed by atoms with Gasteiger partial charge in [-0.25, -0.2) is 13.2 Å². The van der Waals surface area contributed by atoms with Crippen molar-refractivity contribution in [3.63, 3.8) is 0 Å². The molecule has 29 heavy (non-hydrogen) atoms. The van der Waals surface area contributed by atoms with E-state index in [1.54, 1.807) is 9.80 Å². The van der Waals surface area contributed by atoms with Gasteiger partial charge in [0.15, 0.2) is 0 Å². The molecular weight excluding hydrogens is 394 g/mol. The summed E-state index contributed by atoms with van der Waals surface area (Å²) in [4.78, 5) is 29.6. The molecular formula is C20H35N3O5S. The summed E-state index contributed by atoms with van der Waals surface area (Å²) in [6, 6.07) is -0.735. The van der Waals surface area contributed by atoms with Crippen molar-refractivity contribution < 1.29 is 22.7 Å². The molecule has 0 aromatic carbocycles. The maximum atomic E-state index is 13.4. The van der Waals surface area contributed by atoms with Gasteiger partial charge in [-0.1, -0.05) is 13.8 Å². The second-order valence-electron chi connectivity index (χ2n) is 9.83. The van der Waals surface area contributed by atoms with Crippen molar-refractivity contribution in [3.8, 4) is 0 Å². The maximum absolute atomic E-state index is 13.4. The number of sulfonamides is 1. The molecule has 3 aliphatic heterocycles. The summed E-state index contributed by atoms with van der Waals surface area (Å²) < 4.78 is 31.8. The third kappa shape index (κ3) is 4.71. The van der Waals surface area contributed by atoms with E-state index in [2.05, 4.69) is 0 Å². The molecule has 3 rings (SSSR count). The van der Waals surface area contributed by atoms with Crippen LogP contribution in [0.25, 0.3) is 0 Å². The van der Waals surface area contributed by atoms with E-state index in [1.807, 2.05) is 34.6 Å². The van der Waals surface area contributed by atoms with Crippen LogP contribution in [-0.4, -0.2) is 84.1 Å². The fourth-order valence-corrected chi connectivity index (χ4v) is 6.60. The third-order valence-corrected chi connectivity index (χ3v) is 8.06. The van der Waals surface area contributed by atoms with Crippen LogP contribution in [0, 0.1) is 11.8 Å². The van der Waals surface area contributed by atoms with Gasteiger partial charge in [0.1, 0.15) is 11.6 Å². The Kier molecular flexibility index (Phi) is 6.21. The van der Waals surface area contributed by atoms with Crippen molar-refractivity contribution in [2.45, 2.75) is 71.6 Å². The molecule has 0 saturated carbocycles. The highest BCUT2D eigenvalue weighted by Crippen LogP contribution is 2.34. The molecule has 0 aromatic heterocycles. The Bertz CT molecular complexity index is 746. The quantitative estimate of drug-likeness (QED) is 0.684. The maximum Gasteiger partial charge on any atom is 0.410 e. The van der Waals surface area contributed by atoms with E-state index in [-0.39, 0.29) is 29.7 Å². The second-order valence-corrected chi connectivity index (χ2v) is 11.9. The Hall–Kier alpha value is -1.35. The highest BCUT2D eigenvalue weighted by atomic mass is 32.2. The Balaban J connectivity index is 1.74. The molecule has 0 aromatic rings. The number of amides is 2. The molecule has 0 N–H and O–H groups in total. The summed E-state index contributed by atoms with van der Waals surface area (Å²) >= 11 is 0. The van der Waals surface area contributed by atoms with Crippen LogP contribution in [0.2, 0.25) is 0 Å². The first kappa shape index (κ1) is 22.3. The molecule has 0 spiro atoms. The van der Waals surface area contributed by atoms with E-state index in [0.717, 1.165) is 12.8 Å². The molecule has 3 aliphatic rings. The predicted octanol–water partition coefficient (Wildman–Crippen LogP) is 1.90. The van der Waals surface area contributed by atoms with E-state index in [0.29, 0.717) is 38.5 Å². The largest absolute Gasteiger partial charge is 0.444 e. The molecule has 0 aliphatic carbocycles. The number of piperidine rings is 1. The Labute approximate surface area is 174 Å². The average molecular weight is 430 g/mol. The van der Waals surface area contributed by atoms with Gasteiger partial charge in [0, 0.05) is 26.2 Å². The predicted molar refractivity (Wildman–Crippen MR) is 110 cm³/mol. The number of fused-ring (bicyclic) bond motifs is 1. The number of carbonyl (C=O) groups excluding carboxylic acids is 2. The molecule has 0 radical (unpaired) electrons. The van der Waals surface area contributed by atoms with Gasteiger partial charge in [-0.3, -0.25) is 4.79 Å². The first-order chi connectivity index (χ1) is 13.4. The van der Waals surface area contributed by atoms with Gasteiger partial charge in [-0.15, -0.1) is 0 Å². The number of carbonyl (C=O) groups is 2. The molecule has 166 valence electrons. The number of hydrogen-bond acceptors (Lipinski definition) is 5. The van der Waals surface area contributed by atoms with Crippen molar-refractivity contribution in [1.29, 1.82) is 0 Å². The fraction of sp³-hybridized carbons (Fsp3) is 0.900. The van der Waals surface area contributed by atoms with E-state index < -0.39 is 21.7 Å².